The number of fused-ring (bicyclic) bond motifs is 1. The van der Waals surface area contributed by atoms with Crippen LogP contribution < -0.4 is 11.1 Å². The minimum Gasteiger partial charge on any atom is -0.344 e. The van der Waals surface area contributed by atoms with Crippen molar-refractivity contribution in [3.05, 3.63) is 45.4 Å². The summed E-state index contributed by atoms with van der Waals surface area (Å²) in [4.78, 5) is 20.7. The second-order valence-electron chi connectivity index (χ2n) is 4.62. The maximum absolute atomic E-state index is 12.0. The Labute approximate surface area is 129 Å². The van der Waals surface area contributed by atoms with Gasteiger partial charge in [0.05, 0.1) is 22.8 Å². The minimum atomic E-state index is -0.197. The summed E-state index contributed by atoms with van der Waals surface area (Å²) in [5.74, 6) is -0.197. The molecule has 3 aromatic rings. The summed E-state index contributed by atoms with van der Waals surface area (Å²) >= 11 is 2.98. The van der Waals surface area contributed by atoms with E-state index in [1.165, 1.54) is 11.3 Å². The van der Waals surface area contributed by atoms with Crippen LogP contribution in [0.2, 0.25) is 0 Å². The van der Waals surface area contributed by atoms with E-state index in [-0.39, 0.29) is 11.9 Å². The van der Waals surface area contributed by atoms with Crippen LogP contribution >= 0.6 is 22.7 Å². The molecule has 1 atom stereocenters. The Kier molecular flexibility index (Phi) is 3.96. The summed E-state index contributed by atoms with van der Waals surface area (Å²) in [5.41, 5.74) is 7.11. The number of amides is 1. The van der Waals surface area contributed by atoms with Gasteiger partial charge in [0.1, 0.15) is 15.7 Å². The van der Waals surface area contributed by atoms with Crippen LogP contribution in [-0.2, 0) is 6.54 Å². The average Bonchev–Trinajstić information content (AvgIpc) is 3.11. The lowest BCUT2D eigenvalue weighted by Gasteiger charge is -2.00. The van der Waals surface area contributed by atoms with Crippen molar-refractivity contribution in [2.24, 2.45) is 5.73 Å². The van der Waals surface area contributed by atoms with Crippen molar-refractivity contribution in [1.82, 2.24) is 15.3 Å². The number of hydrogen-bond donors (Lipinski definition) is 2. The number of carbonyl (C=O) groups excluding carboxylic acids is 1. The molecule has 0 radical (unpaired) electrons. The predicted octanol–water partition coefficient (Wildman–Crippen LogP) is 2.70. The first-order valence-corrected chi connectivity index (χ1v) is 8.17. The Bertz CT molecular complexity index is 745. The summed E-state index contributed by atoms with van der Waals surface area (Å²) in [6, 6.07) is 7.77. The van der Waals surface area contributed by atoms with E-state index < -0.39 is 0 Å². The summed E-state index contributed by atoms with van der Waals surface area (Å²) in [6.07, 6.45) is 0. The Morgan fingerprint density at radius 3 is 2.90 bits per heavy atom. The number of benzene rings is 1. The van der Waals surface area contributed by atoms with Crippen molar-refractivity contribution in [2.45, 2.75) is 19.5 Å². The zero-order chi connectivity index (χ0) is 14.8. The van der Waals surface area contributed by atoms with Crippen LogP contribution in [0.5, 0.6) is 0 Å². The number of nitrogens with one attached hydrogen (secondary N) is 1. The molecule has 0 spiro atoms. The first kappa shape index (κ1) is 14.1. The highest BCUT2D eigenvalue weighted by Crippen LogP contribution is 2.21. The van der Waals surface area contributed by atoms with Crippen LogP contribution in [0.4, 0.5) is 0 Å². The van der Waals surface area contributed by atoms with E-state index in [0.717, 1.165) is 20.2 Å². The quantitative estimate of drug-likeness (QED) is 0.775. The van der Waals surface area contributed by atoms with Crippen molar-refractivity contribution >= 4 is 38.8 Å². The Hall–Kier alpha value is -1.83. The Morgan fingerprint density at radius 2 is 2.19 bits per heavy atom. The number of carbonyl (C=O) groups is 1. The molecule has 0 saturated carbocycles. The van der Waals surface area contributed by atoms with Crippen LogP contribution in [0, 0.1) is 0 Å². The van der Waals surface area contributed by atoms with E-state index in [9.17, 15) is 4.79 Å². The van der Waals surface area contributed by atoms with Gasteiger partial charge >= 0.3 is 0 Å². The van der Waals surface area contributed by atoms with Crippen molar-refractivity contribution in [1.29, 1.82) is 0 Å². The molecule has 5 nitrogen and oxygen atoms in total. The van der Waals surface area contributed by atoms with Crippen LogP contribution in [0.25, 0.3) is 10.2 Å². The van der Waals surface area contributed by atoms with E-state index >= 15 is 0 Å². The average molecular weight is 318 g/mol. The highest BCUT2D eigenvalue weighted by atomic mass is 32.1. The van der Waals surface area contributed by atoms with Gasteiger partial charge < -0.3 is 11.1 Å². The third-order valence-electron chi connectivity index (χ3n) is 2.88. The smallest absolute Gasteiger partial charge is 0.271 e. The minimum absolute atomic E-state index is 0.152. The molecule has 3 rings (SSSR count). The molecular weight excluding hydrogens is 304 g/mol. The lowest BCUT2D eigenvalue weighted by atomic mass is 10.3. The first-order chi connectivity index (χ1) is 10.1. The summed E-state index contributed by atoms with van der Waals surface area (Å²) < 4.78 is 1.12. The fourth-order valence-corrected chi connectivity index (χ4v) is 3.51. The van der Waals surface area contributed by atoms with Crippen LogP contribution in [0.1, 0.15) is 33.5 Å². The zero-order valence-electron chi connectivity index (χ0n) is 11.4. The molecule has 0 saturated heterocycles. The summed E-state index contributed by atoms with van der Waals surface area (Å²) in [5, 5.41) is 6.22. The lowest BCUT2D eigenvalue weighted by molar-refractivity contribution is 0.0946. The normalized spacial score (nSPS) is 12.5. The number of nitrogens with two attached hydrogens (primary N) is 1. The second kappa shape index (κ2) is 5.88. The van der Waals surface area contributed by atoms with Gasteiger partial charge in [-0.15, -0.1) is 22.7 Å². The lowest BCUT2D eigenvalue weighted by Crippen LogP contribution is -2.23. The van der Waals surface area contributed by atoms with Gasteiger partial charge in [-0.1, -0.05) is 12.1 Å². The van der Waals surface area contributed by atoms with E-state index in [1.54, 1.807) is 16.7 Å². The molecule has 1 amide bonds. The molecule has 7 heteroatoms. The number of rotatable bonds is 4. The van der Waals surface area contributed by atoms with E-state index in [1.807, 2.05) is 31.2 Å². The standard InChI is InChI=1S/C14H14N4OS2/c1-8(15)14-18-10(7-20-14)13(19)16-6-12-17-9-4-2-3-5-11(9)21-12/h2-5,7-8H,6,15H2,1H3,(H,16,19). The number of hydrogen-bond acceptors (Lipinski definition) is 6. The predicted molar refractivity (Wildman–Crippen MR) is 85.5 cm³/mol. The van der Waals surface area contributed by atoms with Gasteiger partial charge in [-0.25, -0.2) is 9.97 Å². The molecule has 108 valence electrons. The van der Waals surface area contributed by atoms with E-state index in [0.29, 0.717) is 12.2 Å². The van der Waals surface area contributed by atoms with Crippen LogP contribution in [0.15, 0.2) is 29.6 Å². The van der Waals surface area contributed by atoms with Gasteiger partial charge in [0.15, 0.2) is 0 Å². The van der Waals surface area contributed by atoms with Crippen molar-refractivity contribution in [3.63, 3.8) is 0 Å². The molecule has 0 aliphatic carbocycles. The largest absolute Gasteiger partial charge is 0.344 e. The fourth-order valence-electron chi connectivity index (χ4n) is 1.84. The highest BCUT2D eigenvalue weighted by Gasteiger charge is 2.13. The molecule has 0 fully saturated rings. The van der Waals surface area contributed by atoms with Crippen LogP contribution in [-0.4, -0.2) is 15.9 Å². The van der Waals surface area contributed by atoms with Gasteiger partial charge in [0, 0.05) is 5.38 Å². The molecule has 1 aromatic carbocycles. The van der Waals surface area contributed by atoms with Crippen molar-refractivity contribution < 1.29 is 4.79 Å². The van der Waals surface area contributed by atoms with Gasteiger partial charge in [0.25, 0.3) is 5.91 Å². The Balaban J connectivity index is 1.67. The maximum Gasteiger partial charge on any atom is 0.271 e. The van der Waals surface area contributed by atoms with Crippen molar-refractivity contribution in [3.8, 4) is 0 Å². The molecule has 0 bridgehead atoms. The monoisotopic (exact) mass is 318 g/mol. The summed E-state index contributed by atoms with van der Waals surface area (Å²) in [6.45, 7) is 2.25. The highest BCUT2D eigenvalue weighted by molar-refractivity contribution is 7.18. The maximum atomic E-state index is 12.0. The van der Waals surface area contributed by atoms with Gasteiger partial charge in [0.2, 0.25) is 0 Å². The van der Waals surface area contributed by atoms with E-state index in [2.05, 4.69) is 15.3 Å². The van der Waals surface area contributed by atoms with Crippen LogP contribution in [0.3, 0.4) is 0 Å². The number of thiazole rings is 2. The third kappa shape index (κ3) is 3.10. The molecule has 0 aliphatic heterocycles. The molecule has 2 aromatic heterocycles. The number of para-hydroxylation sites is 1. The third-order valence-corrected chi connectivity index (χ3v) is 4.96. The molecule has 3 N–H and O–H groups in total. The van der Waals surface area contributed by atoms with Gasteiger partial charge in [-0.3, -0.25) is 4.79 Å². The number of nitrogens with zero attached hydrogens (tertiary/aromatic N) is 2. The Morgan fingerprint density at radius 1 is 1.38 bits per heavy atom. The van der Waals surface area contributed by atoms with E-state index in [4.69, 9.17) is 5.73 Å². The fraction of sp³-hybridized carbons (Fsp3) is 0.214. The molecule has 1 unspecified atom stereocenters. The zero-order valence-corrected chi connectivity index (χ0v) is 13.0. The molecule has 0 aliphatic rings. The van der Waals surface area contributed by atoms with Gasteiger partial charge in [-0.05, 0) is 19.1 Å². The van der Waals surface area contributed by atoms with Gasteiger partial charge in [-0.2, -0.15) is 0 Å². The topological polar surface area (TPSA) is 80.9 Å². The SMILES string of the molecule is CC(N)c1nc(C(=O)NCc2nc3ccccc3s2)cs1. The number of aromatic nitrogens is 2. The molecule has 21 heavy (non-hydrogen) atoms. The summed E-state index contributed by atoms with van der Waals surface area (Å²) in [7, 11) is 0. The molecular formula is C14H14N4OS2. The van der Waals surface area contributed by atoms with Crippen molar-refractivity contribution in [2.75, 3.05) is 0 Å². The first-order valence-electron chi connectivity index (χ1n) is 6.47. The second-order valence-corrected chi connectivity index (χ2v) is 6.62. The molecule has 2 heterocycles.